The molecule has 1 saturated heterocycles. The van der Waals surface area contributed by atoms with Crippen molar-refractivity contribution in [2.24, 2.45) is 0 Å². The summed E-state index contributed by atoms with van der Waals surface area (Å²) in [4.78, 5) is 0. The van der Waals surface area contributed by atoms with Crippen LogP contribution in [0.2, 0.25) is 10.0 Å². The van der Waals surface area contributed by atoms with Crippen molar-refractivity contribution < 1.29 is 9.84 Å². The minimum atomic E-state index is 0.0674. The highest BCUT2D eigenvalue weighted by atomic mass is 35.5. The van der Waals surface area contributed by atoms with Gasteiger partial charge in [-0.1, -0.05) is 23.2 Å². The van der Waals surface area contributed by atoms with Gasteiger partial charge in [0, 0.05) is 37.0 Å². The summed E-state index contributed by atoms with van der Waals surface area (Å²) in [7, 11) is 0. The monoisotopic (exact) mass is 339 g/mol. The molecule has 2 atom stereocenters. The molecule has 0 saturated carbocycles. The Morgan fingerprint density at radius 2 is 2.09 bits per heavy atom. The summed E-state index contributed by atoms with van der Waals surface area (Å²) in [6, 6.07) is 3.20. The first-order valence-corrected chi connectivity index (χ1v) is 8.07. The Morgan fingerprint density at radius 3 is 2.86 bits per heavy atom. The van der Waals surface area contributed by atoms with Crippen LogP contribution in [0.1, 0.15) is 35.5 Å². The Morgan fingerprint density at radius 1 is 1.23 bits per heavy atom. The number of hydrogen-bond donors (Lipinski definition) is 1. The summed E-state index contributed by atoms with van der Waals surface area (Å²) in [6.45, 7) is 2.19. The van der Waals surface area contributed by atoms with E-state index < -0.39 is 0 Å². The van der Waals surface area contributed by atoms with Crippen LogP contribution in [0.4, 0.5) is 0 Å². The lowest BCUT2D eigenvalue weighted by molar-refractivity contribution is 0.192. The first kappa shape index (κ1) is 14.3. The number of rotatable bonds is 2. The molecular weight excluding hydrogens is 325 g/mol. The number of halogens is 2. The van der Waals surface area contributed by atoms with E-state index in [1.54, 1.807) is 12.1 Å². The molecular formula is C15H15Cl2N3O2. The molecule has 0 spiro atoms. The molecule has 1 aromatic carbocycles. The molecule has 1 N–H and O–H groups in total. The fraction of sp³-hybridized carbons (Fsp3) is 0.467. The van der Waals surface area contributed by atoms with Crippen molar-refractivity contribution in [1.82, 2.24) is 14.8 Å². The molecule has 7 heteroatoms. The molecule has 0 unspecified atom stereocenters. The fourth-order valence-corrected chi connectivity index (χ4v) is 3.86. The number of aromatic hydroxyl groups is 1. The maximum Gasteiger partial charge on any atom is 0.138 e. The summed E-state index contributed by atoms with van der Waals surface area (Å²) in [5, 5.41) is 19.7. The van der Waals surface area contributed by atoms with Crippen LogP contribution in [0.25, 0.3) is 0 Å². The van der Waals surface area contributed by atoms with E-state index in [0.717, 1.165) is 24.7 Å². The number of hydrogen-bond acceptors (Lipinski definition) is 4. The van der Waals surface area contributed by atoms with Gasteiger partial charge in [0.2, 0.25) is 0 Å². The van der Waals surface area contributed by atoms with Crippen LogP contribution in [0.3, 0.4) is 0 Å². The topological polar surface area (TPSA) is 60.2 Å². The smallest absolute Gasteiger partial charge is 0.138 e. The predicted octanol–water partition coefficient (Wildman–Crippen LogP) is 3.13. The minimum absolute atomic E-state index is 0.0674. The molecule has 116 valence electrons. The Bertz CT molecular complexity index is 726. The number of phenols is 1. The molecule has 2 aliphatic heterocycles. The van der Waals surface area contributed by atoms with Crippen molar-refractivity contribution in [3.8, 4) is 5.75 Å². The second-order valence-electron chi connectivity index (χ2n) is 5.84. The van der Waals surface area contributed by atoms with Crippen LogP contribution in [0.15, 0.2) is 12.1 Å². The molecule has 22 heavy (non-hydrogen) atoms. The highest BCUT2D eigenvalue weighted by molar-refractivity contribution is 6.42. The van der Waals surface area contributed by atoms with E-state index in [0.29, 0.717) is 41.1 Å². The zero-order chi connectivity index (χ0) is 15.3. The lowest BCUT2D eigenvalue weighted by Crippen LogP contribution is -2.10. The molecule has 3 heterocycles. The number of nitrogens with zero attached hydrogens (tertiary/aromatic N) is 3. The minimum Gasteiger partial charge on any atom is -0.508 e. The zero-order valence-electron chi connectivity index (χ0n) is 11.8. The molecule has 2 aromatic rings. The lowest BCUT2D eigenvalue weighted by Gasteiger charge is -2.15. The van der Waals surface area contributed by atoms with Gasteiger partial charge in [-0.2, -0.15) is 0 Å². The van der Waals surface area contributed by atoms with E-state index in [1.807, 2.05) is 0 Å². The van der Waals surface area contributed by atoms with Gasteiger partial charge in [0.25, 0.3) is 0 Å². The molecule has 2 aliphatic rings. The molecule has 0 aliphatic carbocycles. The van der Waals surface area contributed by atoms with Gasteiger partial charge in [-0.3, -0.25) is 0 Å². The molecule has 0 amide bonds. The van der Waals surface area contributed by atoms with Crippen LogP contribution in [-0.4, -0.2) is 33.1 Å². The van der Waals surface area contributed by atoms with Crippen molar-refractivity contribution in [3.63, 3.8) is 0 Å². The average molecular weight is 340 g/mol. The number of phenolic OH excluding ortho intramolecular Hbond substituents is 1. The van der Waals surface area contributed by atoms with E-state index in [1.165, 1.54) is 0 Å². The van der Waals surface area contributed by atoms with Crippen molar-refractivity contribution in [2.75, 3.05) is 13.2 Å². The van der Waals surface area contributed by atoms with Crippen LogP contribution in [-0.2, 0) is 17.7 Å². The van der Waals surface area contributed by atoms with Gasteiger partial charge in [0.05, 0.1) is 16.7 Å². The Labute approximate surface area is 137 Å². The number of benzene rings is 1. The predicted molar refractivity (Wildman–Crippen MR) is 82.8 cm³/mol. The van der Waals surface area contributed by atoms with Crippen molar-refractivity contribution in [1.29, 1.82) is 0 Å². The lowest BCUT2D eigenvalue weighted by atomic mass is 9.96. The van der Waals surface area contributed by atoms with E-state index in [4.69, 9.17) is 27.9 Å². The zero-order valence-corrected chi connectivity index (χ0v) is 13.3. The van der Waals surface area contributed by atoms with E-state index in [-0.39, 0.29) is 11.7 Å². The number of ether oxygens (including phenoxy) is 1. The summed E-state index contributed by atoms with van der Waals surface area (Å²) >= 11 is 12.4. The summed E-state index contributed by atoms with van der Waals surface area (Å²) in [6.07, 6.45) is 1.68. The number of aromatic nitrogens is 3. The van der Waals surface area contributed by atoms with Crippen LogP contribution < -0.4 is 0 Å². The maximum absolute atomic E-state index is 10.2. The fourth-order valence-electron chi connectivity index (χ4n) is 3.38. The second-order valence-corrected chi connectivity index (χ2v) is 6.63. The standard InChI is InChI=1S/C15H15Cl2N3O2/c16-10-1-2-11(21)13(14(10)17)9-5-12-18-19-15(20(12)6-9)8-3-4-22-7-8/h1-2,8-9,21H,3-7H2/t8-,9-/m1/s1. The average Bonchev–Trinajstić information content (AvgIpc) is 3.18. The van der Waals surface area contributed by atoms with Crippen LogP contribution >= 0.6 is 23.2 Å². The summed E-state index contributed by atoms with van der Waals surface area (Å²) < 4.78 is 7.59. The summed E-state index contributed by atoms with van der Waals surface area (Å²) in [5.74, 6) is 2.47. The van der Waals surface area contributed by atoms with Crippen LogP contribution in [0, 0.1) is 0 Å². The number of fused-ring (bicyclic) bond motifs is 1. The Hall–Kier alpha value is -1.30. The Balaban J connectivity index is 1.67. The first-order valence-electron chi connectivity index (χ1n) is 7.31. The van der Waals surface area contributed by atoms with Gasteiger partial charge in [-0.15, -0.1) is 10.2 Å². The second kappa shape index (κ2) is 5.41. The molecule has 1 fully saturated rings. The van der Waals surface area contributed by atoms with Gasteiger partial charge < -0.3 is 14.4 Å². The quantitative estimate of drug-likeness (QED) is 0.912. The largest absolute Gasteiger partial charge is 0.508 e. The van der Waals surface area contributed by atoms with Crippen molar-refractivity contribution in [3.05, 3.63) is 39.4 Å². The van der Waals surface area contributed by atoms with Gasteiger partial charge in [0.15, 0.2) is 0 Å². The van der Waals surface area contributed by atoms with Gasteiger partial charge in [-0.05, 0) is 18.6 Å². The highest BCUT2D eigenvalue weighted by Gasteiger charge is 2.33. The van der Waals surface area contributed by atoms with Gasteiger partial charge in [0.1, 0.15) is 17.4 Å². The molecule has 5 nitrogen and oxygen atoms in total. The van der Waals surface area contributed by atoms with E-state index in [2.05, 4.69) is 14.8 Å². The molecule has 0 bridgehead atoms. The highest BCUT2D eigenvalue weighted by Crippen LogP contribution is 2.42. The summed E-state index contributed by atoms with van der Waals surface area (Å²) in [5.41, 5.74) is 0.702. The Kier molecular flexibility index (Phi) is 3.51. The van der Waals surface area contributed by atoms with Crippen molar-refractivity contribution >= 4 is 23.2 Å². The van der Waals surface area contributed by atoms with Crippen molar-refractivity contribution in [2.45, 2.75) is 31.2 Å². The van der Waals surface area contributed by atoms with E-state index >= 15 is 0 Å². The molecule has 1 aromatic heterocycles. The molecule has 0 radical (unpaired) electrons. The SMILES string of the molecule is Oc1ccc(Cl)c(Cl)c1[C@@H]1Cc2nnc([C@@H]3CCOC3)n2C1. The third-order valence-electron chi connectivity index (χ3n) is 4.50. The first-order chi connectivity index (χ1) is 10.6. The normalized spacial score (nSPS) is 23.9. The van der Waals surface area contributed by atoms with Gasteiger partial charge in [-0.25, -0.2) is 0 Å². The molecule has 4 rings (SSSR count). The maximum atomic E-state index is 10.2. The third kappa shape index (κ3) is 2.19. The van der Waals surface area contributed by atoms with E-state index in [9.17, 15) is 5.11 Å². The van der Waals surface area contributed by atoms with Crippen LogP contribution in [0.5, 0.6) is 5.75 Å². The third-order valence-corrected chi connectivity index (χ3v) is 5.32. The van der Waals surface area contributed by atoms with Gasteiger partial charge >= 0.3 is 0 Å².